The molecule has 1 amide bonds. The van der Waals surface area contributed by atoms with Gasteiger partial charge < -0.3 is 19.6 Å². The van der Waals surface area contributed by atoms with Gasteiger partial charge in [0.05, 0.1) is 44.9 Å². The molecule has 164 valence electrons. The molecule has 7 heteroatoms. The number of amides is 1. The highest BCUT2D eigenvalue weighted by atomic mass is 16.5. The molecule has 7 nitrogen and oxygen atoms in total. The molecule has 2 N–H and O–H groups in total. The molecule has 2 aromatic rings. The predicted octanol–water partition coefficient (Wildman–Crippen LogP) is 1.75. The maximum absolute atomic E-state index is 13.0. The number of quaternary nitrogens is 1. The van der Waals surface area contributed by atoms with E-state index in [4.69, 9.17) is 4.74 Å². The van der Waals surface area contributed by atoms with Crippen molar-refractivity contribution < 1.29 is 24.3 Å². The molecule has 1 aromatic heterocycles. The van der Waals surface area contributed by atoms with E-state index >= 15 is 0 Å². The van der Waals surface area contributed by atoms with Crippen LogP contribution in [0.2, 0.25) is 0 Å². The summed E-state index contributed by atoms with van der Waals surface area (Å²) >= 11 is 0. The quantitative estimate of drug-likeness (QED) is 0.383. The van der Waals surface area contributed by atoms with Crippen molar-refractivity contribution in [3.63, 3.8) is 0 Å². The number of methoxy groups -OCH3 is 1. The summed E-state index contributed by atoms with van der Waals surface area (Å²) in [6.45, 7) is 9.05. The van der Waals surface area contributed by atoms with Crippen molar-refractivity contribution in [2.24, 2.45) is 0 Å². The van der Waals surface area contributed by atoms with E-state index in [1.807, 2.05) is 13.0 Å². The minimum atomic E-state index is -0.675. The van der Waals surface area contributed by atoms with E-state index in [-0.39, 0.29) is 11.3 Å². The largest absolute Gasteiger partial charge is 0.507 e. The van der Waals surface area contributed by atoms with Gasteiger partial charge in [-0.25, -0.2) is 0 Å². The number of pyridine rings is 1. The molecular formula is C24H30N3O4+. The number of carbonyl (C=O) groups excluding carboxylic acids is 2. The Bertz CT molecular complexity index is 984. The normalized spacial score (nSPS) is 18.1. The summed E-state index contributed by atoms with van der Waals surface area (Å²) in [4.78, 5) is 33.1. The number of benzene rings is 1. The minimum absolute atomic E-state index is 0.0945. The van der Waals surface area contributed by atoms with Crippen molar-refractivity contribution in [2.45, 2.75) is 26.8 Å². The number of carbonyl (C=O) groups is 2. The fraction of sp³-hybridized carbons (Fsp3) is 0.375. The van der Waals surface area contributed by atoms with Crippen LogP contribution in [0.5, 0.6) is 5.75 Å². The number of ketones is 1. The summed E-state index contributed by atoms with van der Waals surface area (Å²) in [5.41, 5.74) is 2.09. The fourth-order valence-electron chi connectivity index (χ4n) is 4.06. The minimum Gasteiger partial charge on any atom is -0.507 e. The molecule has 1 saturated heterocycles. The van der Waals surface area contributed by atoms with Gasteiger partial charge in [0.2, 0.25) is 0 Å². The van der Waals surface area contributed by atoms with Crippen LogP contribution in [0.25, 0.3) is 5.76 Å². The number of nitrogens with one attached hydrogen (secondary N) is 1. The zero-order valence-corrected chi connectivity index (χ0v) is 18.5. The van der Waals surface area contributed by atoms with Crippen molar-refractivity contribution in [3.8, 4) is 5.75 Å². The number of ether oxygens (including phenoxy) is 1. The van der Waals surface area contributed by atoms with Crippen LogP contribution >= 0.6 is 0 Å². The third-order valence-electron chi connectivity index (χ3n) is 5.91. The average Bonchev–Trinajstić information content (AvgIpc) is 3.04. The number of hydrogen-bond donors (Lipinski definition) is 2. The highest BCUT2D eigenvalue weighted by Gasteiger charge is 2.46. The van der Waals surface area contributed by atoms with Crippen LogP contribution in [0, 0.1) is 6.92 Å². The first-order chi connectivity index (χ1) is 14.9. The van der Waals surface area contributed by atoms with Crippen LogP contribution in [-0.4, -0.2) is 60.0 Å². The molecule has 1 aromatic carbocycles. The molecule has 0 spiro atoms. The van der Waals surface area contributed by atoms with Gasteiger partial charge in [-0.3, -0.25) is 14.6 Å². The SMILES string of the molecule is CC[NH+](CC)CCN1C(=O)C(=O)C(=C(O)c2ccc(OC)c(C)c2)[C@H]1c1cccnc1. The molecular weight excluding hydrogens is 394 g/mol. The molecule has 3 rings (SSSR count). The number of rotatable bonds is 8. The number of likely N-dealkylation sites (tertiary alicyclic amines) is 1. The Morgan fingerprint density at radius 2 is 1.97 bits per heavy atom. The van der Waals surface area contributed by atoms with Gasteiger partial charge >= 0.3 is 0 Å². The Kier molecular flexibility index (Phi) is 7.07. The zero-order chi connectivity index (χ0) is 22.5. The molecule has 1 aliphatic rings. The van der Waals surface area contributed by atoms with Crippen LogP contribution in [0.3, 0.4) is 0 Å². The summed E-state index contributed by atoms with van der Waals surface area (Å²) in [6.07, 6.45) is 3.28. The third kappa shape index (κ3) is 4.46. The summed E-state index contributed by atoms with van der Waals surface area (Å²) in [5.74, 6) is -0.764. The van der Waals surface area contributed by atoms with Gasteiger partial charge in [-0.2, -0.15) is 0 Å². The lowest BCUT2D eigenvalue weighted by atomic mass is 9.95. The first kappa shape index (κ1) is 22.5. The maximum Gasteiger partial charge on any atom is 0.295 e. The van der Waals surface area contributed by atoms with Crippen molar-refractivity contribution in [1.29, 1.82) is 0 Å². The number of hydrogen-bond acceptors (Lipinski definition) is 5. The van der Waals surface area contributed by atoms with Crippen molar-refractivity contribution in [3.05, 3.63) is 65.0 Å². The standard InChI is InChI=1S/C24H29N3O4/c1-5-26(6-2)12-13-27-21(18-8-7-11-25-15-18)20(23(29)24(27)30)22(28)17-9-10-19(31-4)16(3)14-17/h7-11,14-15,21,28H,5-6,12-13H2,1-4H3/p+1/t21-/m1/s1. The molecule has 1 atom stereocenters. The summed E-state index contributed by atoms with van der Waals surface area (Å²) < 4.78 is 5.29. The number of aromatic nitrogens is 1. The van der Waals surface area contributed by atoms with E-state index in [2.05, 4.69) is 18.8 Å². The monoisotopic (exact) mass is 424 g/mol. The second-order valence-electron chi connectivity index (χ2n) is 7.67. The summed E-state index contributed by atoms with van der Waals surface area (Å²) in [5, 5.41) is 11.1. The lowest BCUT2D eigenvalue weighted by Crippen LogP contribution is -3.12. The van der Waals surface area contributed by atoms with Gasteiger partial charge in [0.25, 0.3) is 11.7 Å². The molecule has 0 bridgehead atoms. The molecule has 0 radical (unpaired) electrons. The van der Waals surface area contributed by atoms with Gasteiger partial charge in [0.1, 0.15) is 11.5 Å². The summed E-state index contributed by atoms with van der Waals surface area (Å²) in [7, 11) is 1.58. The lowest BCUT2D eigenvalue weighted by Gasteiger charge is -2.26. The zero-order valence-electron chi connectivity index (χ0n) is 18.5. The highest BCUT2D eigenvalue weighted by Crippen LogP contribution is 2.39. The third-order valence-corrected chi connectivity index (χ3v) is 5.91. The average molecular weight is 425 g/mol. The van der Waals surface area contributed by atoms with Crippen LogP contribution in [0.15, 0.2) is 48.3 Å². The van der Waals surface area contributed by atoms with Gasteiger partial charge in [0, 0.05) is 18.0 Å². The maximum atomic E-state index is 13.0. The van der Waals surface area contributed by atoms with Crippen molar-refractivity contribution >= 4 is 17.4 Å². The second-order valence-corrected chi connectivity index (χ2v) is 7.67. The molecule has 31 heavy (non-hydrogen) atoms. The first-order valence-corrected chi connectivity index (χ1v) is 10.6. The number of aryl methyl sites for hydroxylation is 1. The molecule has 0 saturated carbocycles. The Labute approximate surface area is 183 Å². The number of aliphatic hydroxyl groups is 1. The van der Waals surface area contributed by atoms with Crippen LogP contribution in [0.1, 0.15) is 36.6 Å². The van der Waals surface area contributed by atoms with Gasteiger partial charge in [-0.05, 0) is 56.2 Å². The summed E-state index contributed by atoms with van der Waals surface area (Å²) in [6, 6.07) is 8.10. The van der Waals surface area contributed by atoms with Gasteiger partial charge in [0.15, 0.2) is 0 Å². The van der Waals surface area contributed by atoms with E-state index in [0.29, 0.717) is 23.4 Å². The number of nitrogens with zero attached hydrogens (tertiary/aromatic N) is 2. The molecule has 2 heterocycles. The van der Waals surface area contributed by atoms with E-state index in [1.54, 1.807) is 48.7 Å². The highest BCUT2D eigenvalue weighted by molar-refractivity contribution is 6.46. The Morgan fingerprint density at radius 1 is 1.23 bits per heavy atom. The molecule has 0 aliphatic carbocycles. The van der Waals surface area contributed by atoms with Crippen molar-refractivity contribution in [1.82, 2.24) is 9.88 Å². The Balaban J connectivity index is 2.08. The molecule has 1 fully saturated rings. The van der Waals surface area contributed by atoms with Crippen molar-refractivity contribution in [2.75, 3.05) is 33.3 Å². The predicted molar refractivity (Wildman–Crippen MR) is 118 cm³/mol. The lowest BCUT2D eigenvalue weighted by molar-refractivity contribution is -0.895. The molecule has 0 unspecified atom stereocenters. The molecule has 1 aliphatic heterocycles. The van der Waals surface area contributed by atoms with E-state index in [9.17, 15) is 14.7 Å². The van der Waals surface area contributed by atoms with E-state index < -0.39 is 17.7 Å². The topological polar surface area (TPSA) is 84.2 Å². The van der Waals surface area contributed by atoms with Crippen LogP contribution < -0.4 is 9.64 Å². The number of Topliss-reactive ketones (excluding diaryl/α,β-unsaturated/α-hetero) is 1. The Morgan fingerprint density at radius 3 is 2.55 bits per heavy atom. The van der Waals surface area contributed by atoms with Crippen LogP contribution in [-0.2, 0) is 9.59 Å². The first-order valence-electron chi connectivity index (χ1n) is 10.6. The van der Waals surface area contributed by atoms with Crippen LogP contribution in [0.4, 0.5) is 0 Å². The second kappa shape index (κ2) is 9.75. The van der Waals surface area contributed by atoms with Gasteiger partial charge in [-0.1, -0.05) is 6.07 Å². The Hall–Kier alpha value is -3.19. The van der Waals surface area contributed by atoms with E-state index in [1.165, 1.54) is 4.90 Å². The number of likely N-dealkylation sites (N-methyl/N-ethyl adjacent to an activating group) is 1. The fourth-order valence-corrected chi connectivity index (χ4v) is 4.06. The van der Waals surface area contributed by atoms with E-state index in [0.717, 1.165) is 25.2 Å². The van der Waals surface area contributed by atoms with Gasteiger partial charge in [-0.15, -0.1) is 0 Å². The number of aliphatic hydroxyl groups excluding tert-OH is 1. The smallest absolute Gasteiger partial charge is 0.295 e.